The molecule has 0 saturated carbocycles. The van der Waals surface area contributed by atoms with E-state index in [1.165, 1.54) is 33.4 Å². The molecule has 0 N–H and O–H groups in total. The highest BCUT2D eigenvalue weighted by Crippen LogP contribution is 2.38. The minimum Gasteiger partial charge on any atom is -0.444 e. The summed E-state index contributed by atoms with van der Waals surface area (Å²) in [6.07, 6.45) is 3.05. The summed E-state index contributed by atoms with van der Waals surface area (Å²) >= 11 is 6.63. The standard InChI is InChI=1S/C37H40ClN5O6S/c1-24-10-12-27(13-11-24)50(47,48)43-32(38)19-29-31(23-40(6)35(45)34(29)43)28-20-33(44)39(5)22-30(28)26-9-7-8-25(18-26)21-41-14-16-42(17-15-41)36(46)49-37(2,3)4/h7-13,18-20,22-23H,14-17,21H2,1-6H3. The first-order valence-corrected chi connectivity index (χ1v) is 18.1. The molecule has 262 valence electrons. The highest BCUT2D eigenvalue weighted by atomic mass is 35.5. The number of benzene rings is 2. The lowest BCUT2D eigenvalue weighted by atomic mass is 9.94. The molecule has 0 atom stereocenters. The van der Waals surface area contributed by atoms with Crippen LogP contribution in [0, 0.1) is 6.92 Å². The highest BCUT2D eigenvalue weighted by Gasteiger charge is 2.28. The zero-order chi connectivity index (χ0) is 36.1. The molecule has 0 unspecified atom stereocenters. The van der Waals surface area contributed by atoms with Crippen LogP contribution in [0.3, 0.4) is 0 Å². The van der Waals surface area contributed by atoms with Crippen molar-refractivity contribution < 1.29 is 17.9 Å². The Balaban J connectivity index is 1.39. The molecule has 1 aliphatic rings. The fourth-order valence-corrected chi connectivity index (χ4v) is 8.07. The number of amides is 1. The number of hydrogen-bond acceptors (Lipinski definition) is 7. The number of carbonyl (C=O) groups excluding carboxylic acids is 1. The second-order valence-electron chi connectivity index (χ2n) is 13.8. The quantitative estimate of drug-likeness (QED) is 0.224. The van der Waals surface area contributed by atoms with Gasteiger partial charge in [-0.15, -0.1) is 0 Å². The smallest absolute Gasteiger partial charge is 0.410 e. The van der Waals surface area contributed by atoms with Gasteiger partial charge in [-0.1, -0.05) is 47.5 Å². The molecule has 11 nitrogen and oxygen atoms in total. The number of pyridine rings is 2. The summed E-state index contributed by atoms with van der Waals surface area (Å²) in [5.74, 6) is 0. The molecular weight excluding hydrogens is 678 g/mol. The maximum atomic E-state index is 13.9. The van der Waals surface area contributed by atoms with Crippen LogP contribution in [0.5, 0.6) is 0 Å². The molecule has 3 aromatic heterocycles. The van der Waals surface area contributed by atoms with Crippen LogP contribution in [0.25, 0.3) is 33.2 Å². The van der Waals surface area contributed by atoms with E-state index in [1.54, 1.807) is 43.5 Å². The van der Waals surface area contributed by atoms with Crippen LogP contribution < -0.4 is 11.1 Å². The van der Waals surface area contributed by atoms with Crippen LogP contribution in [0.15, 0.2) is 87.5 Å². The number of piperazine rings is 1. The highest BCUT2D eigenvalue weighted by molar-refractivity contribution is 7.90. The van der Waals surface area contributed by atoms with E-state index < -0.39 is 21.2 Å². The van der Waals surface area contributed by atoms with E-state index in [0.29, 0.717) is 54.8 Å². The third-order valence-corrected chi connectivity index (χ3v) is 10.9. The number of nitrogens with zero attached hydrogens (tertiary/aromatic N) is 5. The number of rotatable bonds is 6. The van der Waals surface area contributed by atoms with E-state index in [2.05, 4.69) is 11.0 Å². The third-order valence-electron chi connectivity index (χ3n) is 8.80. The van der Waals surface area contributed by atoms with Crippen LogP contribution in [0.4, 0.5) is 4.79 Å². The summed E-state index contributed by atoms with van der Waals surface area (Å²) < 4.78 is 37.0. The Bertz CT molecular complexity index is 2350. The van der Waals surface area contributed by atoms with Gasteiger partial charge in [0.2, 0.25) is 0 Å². The molecule has 0 spiro atoms. The molecule has 1 amide bonds. The Morgan fingerprint density at radius 1 is 0.860 bits per heavy atom. The Hall–Kier alpha value is -4.65. The van der Waals surface area contributed by atoms with E-state index in [1.807, 2.05) is 45.9 Å². The van der Waals surface area contributed by atoms with Gasteiger partial charge in [-0.05, 0) is 68.7 Å². The lowest BCUT2D eigenvalue weighted by Gasteiger charge is -2.35. The normalized spacial score (nSPS) is 14.3. The fourth-order valence-electron chi connectivity index (χ4n) is 6.22. The largest absolute Gasteiger partial charge is 0.444 e. The van der Waals surface area contributed by atoms with Gasteiger partial charge in [-0.25, -0.2) is 17.2 Å². The summed E-state index contributed by atoms with van der Waals surface area (Å²) in [6, 6.07) is 17.3. The maximum absolute atomic E-state index is 13.9. The van der Waals surface area contributed by atoms with Gasteiger partial charge in [0, 0.05) is 81.8 Å². The SMILES string of the molecule is Cc1ccc(S(=O)(=O)n2c(Cl)cc3c(-c4cc(=O)n(C)cc4-c4cccc(CN5CCN(C(=O)OC(C)(C)C)CC5)c4)cn(C)c(=O)c32)cc1. The average molecular weight is 718 g/mol. The zero-order valence-electron chi connectivity index (χ0n) is 28.9. The van der Waals surface area contributed by atoms with E-state index in [-0.39, 0.29) is 27.2 Å². The van der Waals surface area contributed by atoms with Crippen molar-refractivity contribution in [2.75, 3.05) is 26.2 Å². The van der Waals surface area contributed by atoms with Crippen molar-refractivity contribution in [3.8, 4) is 22.3 Å². The maximum Gasteiger partial charge on any atom is 0.410 e. The van der Waals surface area contributed by atoms with E-state index in [9.17, 15) is 22.8 Å². The molecule has 1 saturated heterocycles. The van der Waals surface area contributed by atoms with Crippen molar-refractivity contribution in [2.45, 2.75) is 44.7 Å². The number of carbonyl (C=O) groups is 1. The van der Waals surface area contributed by atoms with Gasteiger partial charge in [0.05, 0.1) is 4.90 Å². The topological polar surface area (TPSA) is 116 Å². The number of fused-ring (bicyclic) bond motifs is 1. The van der Waals surface area contributed by atoms with Gasteiger partial charge in [-0.3, -0.25) is 14.5 Å². The monoisotopic (exact) mass is 717 g/mol. The van der Waals surface area contributed by atoms with Crippen molar-refractivity contribution in [2.24, 2.45) is 14.1 Å². The Kier molecular flexibility index (Phi) is 9.31. The first kappa shape index (κ1) is 35.2. The predicted octanol–water partition coefficient (Wildman–Crippen LogP) is 5.62. The van der Waals surface area contributed by atoms with Crippen LogP contribution in [-0.4, -0.2) is 69.2 Å². The summed E-state index contributed by atoms with van der Waals surface area (Å²) in [6.45, 7) is 10.6. The van der Waals surface area contributed by atoms with Gasteiger partial charge >= 0.3 is 6.09 Å². The summed E-state index contributed by atoms with van der Waals surface area (Å²) in [7, 11) is -1.04. The molecule has 0 bridgehead atoms. The molecule has 0 aliphatic carbocycles. The summed E-state index contributed by atoms with van der Waals surface area (Å²) in [5, 5.41) is 0.159. The fraction of sp³-hybridized carbons (Fsp3) is 0.324. The van der Waals surface area contributed by atoms with E-state index >= 15 is 0 Å². The average Bonchev–Trinajstić information content (AvgIpc) is 3.41. The number of ether oxygens (including phenoxy) is 1. The number of aryl methyl sites for hydroxylation is 3. The minimum absolute atomic E-state index is 0.00713. The molecule has 0 radical (unpaired) electrons. The van der Waals surface area contributed by atoms with Gasteiger partial charge in [-0.2, -0.15) is 0 Å². The first-order valence-electron chi connectivity index (χ1n) is 16.3. The Morgan fingerprint density at radius 3 is 2.18 bits per heavy atom. The first-order chi connectivity index (χ1) is 23.5. The van der Waals surface area contributed by atoms with Gasteiger partial charge in [0.15, 0.2) is 0 Å². The van der Waals surface area contributed by atoms with Gasteiger partial charge < -0.3 is 18.8 Å². The molecular formula is C37H40ClN5O6S. The van der Waals surface area contributed by atoms with E-state index in [4.69, 9.17) is 16.3 Å². The molecule has 1 aliphatic heterocycles. The van der Waals surface area contributed by atoms with Gasteiger partial charge in [0.25, 0.3) is 21.1 Å². The predicted molar refractivity (Wildman–Crippen MR) is 195 cm³/mol. The third kappa shape index (κ3) is 6.87. The molecule has 4 heterocycles. The molecule has 5 aromatic rings. The lowest BCUT2D eigenvalue weighted by molar-refractivity contribution is 0.0139. The molecule has 1 fully saturated rings. The summed E-state index contributed by atoms with van der Waals surface area (Å²) in [4.78, 5) is 43.3. The van der Waals surface area contributed by atoms with Crippen LogP contribution in [0.2, 0.25) is 5.15 Å². The second kappa shape index (κ2) is 13.2. The second-order valence-corrected chi connectivity index (χ2v) is 15.9. The van der Waals surface area contributed by atoms with Gasteiger partial charge in [0.1, 0.15) is 16.3 Å². The van der Waals surface area contributed by atoms with Crippen molar-refractivity contribution in [1.82, 2.24) is 22.9 Å². The van der Waals surface area contributed by atoms with Crippen LogP contribution in [0.1, 0.15) is 31.9 Å². The lowest BCUT2D eigenvalue weighted by Crippen LogP contribution is -2.49. The molecule has 13 heteroatoms. The van der Waals surface area contributed by atoms with Crippen LogP contribution >= 0.6 is 11.6 Å². The minimum atomic E-state index is -4.25. The summed E-state index contributed by atoms with van der Waals surface area (Å²) in [5.41, 5.74) is 3.00. The van der Waals surface area contributed by atoms with Crippen molar-refractivity contribution in [1.29, 1.82) is 0 Å². The Labute approximate surface area is 295 Å². The van der Waals surface area contributed by atoms with Crippen LogP contribution in [-0.2, 0) is 35.4 Å². The van der Waals surface area contributed by atoms with Crippen molar-refractivity contribution >= 4 is 38.6 Å². The van der Waals surface area contributed by atoms with E-state index in [0.717, 1.165) is 20.7 Å². The molecule has 6 rings (SSSR count). The van der Waals surface area contributed by atoms with Crippen molar-refractivity contribution in [3.05, 3.63) is 110 Å². The number of halogens is 1. The number of aromatic nitrogens is 3. The zero-order valence-corrected chi connectivity index (χ0v) is 30.5. The van der Waals surface area contributed by atoms with Crippen molar-refractivity contribution in [3.63, 3.8) is 0 Å². The Morgan fingerprint density at radius 2 is 1.52 bits per heavy atom. The number of hydrogen-bond donors (Lipinski definition) is 0. The molecule has 50 heavy (non-hydrogen) atoms. The molecule has 2 aromatic carbocycles.